The lowest BCUT2D eigenvalue weighted by Gasteiger charge is -2.29. The molecule has 94 valence electrons. The molecule has 0 heterocycles. The molecular weight excluding hydrogens is 204 g/mol. The summed E-state index contributed by atoms with van der Waals surface area (Å²) in [6, 6.07) is 0.323. The van der Waals surface area contributed by atoms with Crippen LogP contribution < -0.4 is 5.32 Å². The summed E-state index contributed by atoms with van der Waals surface area (Å²) >= 11 is 0. The van der Waals surface area contributed by atoms with Gasteiger partial charge in [0.25, 0.3) is 0 Å². The van der Waals surface area contributed by atoms with E-state index in [4.69, 9.17) is 0 Å². The Morgan fingerprint density at radius 1 is 1.44 bits per heavy atom. The Hall–Kier alpha value is -0.610. The highest BCUT2D eigenvalue weighted by Gasteiger charge is 2.23. The van der Waals surface area contributed by atoms with E-state index in [1.54, 1.807) is 4.90 Å². The summed E-state index contributed by atoms with van der Waals surface area (Å²) in [4.78, 5) is 13.4. The van der Waals surface area contributed by atoms with Gasteiger partial charge in [-0.3, -0.25) is 4.79 Å². The minimum atomic E-state index is -0.286. The average molecular weight is 228 g/mol. The molecule has 0 aliphatic heterocycles. The molecule has 2 atom stereocenters. The number of nitrogens with zero attached hydrogens (tertiary/aromatic N) is 1. The predicted molar refractivity (Wildman–Crippen MR) is 64.2 cm³/mol. The molecule has 2 N–H and O–H groups in total. The fourth-order valence-corrected chi connectivity index (χ4v) is 1.98. The van der Waals surface area contributed by atoms with E-state index in [2.05, 4.69) is 5.32 Å². The van der Waals surface area contributed by atoms with Crippen molar-refractivity contribution in [1.29, 1.82) is 0 Å². The third kappa shape index (κ3) is 3.76. The molecule has 1 amide bonds. The zero-order chi connectivity index (χ0) is 12.1. The van der Waals surface area contributed by atoms with E-state index in [9.17, 15) is 9.90 Å². The van der Waals surface area contributed by atoms with Crippen LogP contribution in [0.25, 0.3) is 0 Å². The van der Waals surface area contributed by atoms with Gasteiger partial charge in [-0.1, -0.05) is 12.8 Å². The van der Waals surface area contributed by atoms with Crippen LogP contribution in [0.4, 0.5) is 0 Å². The molecule has 1 rings (SSSR count). The van der Waals surface area contributed by atoms with Crippen LogP contribution in [-0.2, 0) is 4.79 Å². The third-order valence-electron chi connectivity index (χ3n) is 3.41. The molecule has 0 radical (unpaired) electrons. The summed E-state index contributed by atoms with van der Waals surface area (Å²) in [5.41, 5.74) is 0. The number of hydrogen-bond acceptors (Lipinski definition) is 3. The van der Waals surface area contributed by atoms with Crippen molar-refractivity contribution in [3.8, 4) is 0 Å². The molecule has 0 saturated heterocycles. The lowest BCUT2D eigenvalue weighted by molar-refractivity contribution is -0.130. The summed E-state index contributed by atoms with van der Waals surface area (Å²) < 4.78 is 0. The van der Waals surface area contributed by atoms with Crippen LogP contribution in [0, 0.1) is 0 Å². The molecule has 4 heteroatoms. The Morgan fingerprint density at radius 3 is 2.62 bits per heavy atom. The molecular formula is C12H24N2O2. The van der Waals surface area contributed by atoms with Crippen molar-refractivity contribution in [2.45, 2.75) is 57.7 Å². The maximum Gasteiger partial charge on any atom is 0.236 e. The predicted octanol–water partition coefficient (Wildman–Crippen LogP) is 0.746. The molecule has 0 aromatic heterocycles. The second-order valence-electron chi connectivity index (χ2n) is 4.94. The van der Waals surface area contributed by atoms with Crippen molar-refractivity contribution < 1.29 is 9.90 Å². The Labute approximate surface area is 98.0 Å². The lowest BCUT2D eigenvalue weighted by Crippen LogP contribution is -2.47. The standard InChI is InChI=1S/C12H24N2O2/c1-9(2)14(3)12(16)8-13-10-6-4-5-7-11(10)15/h9-11,13,15H,4-8H2,1-3H3. The first-order valence-electron chi connectivity index (χ1n) is 6.19. The van der Waals surface area contributed by atoms with Crippen molar-refractivity contribution in [2.24, 2.45) is 0 Å². The SMILES string of the molecule is CC(C)N(C)C(=O)CNC1CCCCC1O. The highest BCUT2D eigenvalue weighted by Crippen LogP contribution is 2.18. The monoisotopic (exact) mass is 228 g/mol. The van der Waals surface area contributed by atoms with Gasteiger partial charge >= 0.3 is 0 Å². The van der Waals surface area contributed by atoms with E-state index < -0.39 is 0 Å². The van der Waals surface area contributed by atoms with E-state index in [1.165, 1.54) is 0 Å². The molecule has 4 nitrogen and oxygen atoms in total. The average Bonchev–Trinajstić information content (AvgIpc) is 2.26. The number of aliphatic hydroxyl groups excluding tert-OH is 1. The number of aliphatic hydroxyl groups is 1. The molecule has 1 saturated carbocycles. The van der Waals surface area contributed by atoms with Crippen molar-refractivity contribution >= 4 is 5.91 Å². The molecule has 1 fully saturated rings. The number of hydrogen-bond donors (Lipinski definition) is 2. The summed E-state index contributed by atoms with van der Waals surface area (Å²) in [6.45, 7) is 4.32. The van der Waals surface area contributed by atoms with Gasteiger partial charge in [-0.2, -0.15) is 0 Å². The second-order valence-corrected chi connectivity index (χ2v) is 4.94. The summed E-state index contributed by atoms with van der Waals surface area (Å²) in [7, 11) is 1.81. The van der Waals surface area contributed by atoms with Crippen molar-refractivity contribution in [3.63, 3.8) is 0 Å². The molecule has 0 aromatic rings. The Bertz CT molecular complexity index is 231. The van der Waals surface area contributed by atoms with Gasteiger partial charge in [-0.25, -0.2) is 0 Å². The minimum Gasteiger partial charge on any atom is -0.392 e. The Morgan fingerprint density at radius 2 is 2.06 bits per heavy atom. The van der Waals surface area contributed by atoms with E-state index >= 15 is 0 Å². The largest absolute Gasteiger partial charge is 0.392 e. The first-order valence-corrected chi connectivity index (χ1v) is 6.19. The molecule has 0 spiro atoms. The van der Waals surface area contributed by atoms with E-state index in [-0.39, 0.29) is 24.1 Å². The van der Waals surface area contributed by atoms with Crippen LogP contribution in [0.15, 0.2) is 0 Å². The van der Waals surface area contributed by atoms with Gasteiger partial charge in [-0.15, -0.1) is 0 Å². The van der Waals surface area contributed by atoms with E-state index in [0.29, 0.717) is 6.54 Å². The second kappa shape index (κ2) is 6.21. The van der Waals surface area contributed by atoms with Crippen LogP contribution in [0.3, 0.4) is 0 Å². The molecule has 2 unspecified atom stereocenters. The summed E-state index contributed by atoms with van der Waals surface area (Å²) in [5.74, 6) is 0.0905. The normalized spacial score (nSPS) is 25.8. The van der Waals surface area contributed by atoms with E-state index in [0.717, 1.165) is 25.7 Å². The number of carbonyl (C=O) groups is 1. The fraction of sp³-hybridized carbons (Fsp3) is 0.917. The number of nitrogens with one attached hydrogen (secondary N) is 1. The molecule has 0 aromatic carbocycles. The van der Waals surface area contributed by atoms with Gasteiger partial charge < -0.3 is 15.3 Å². The van der Waals surface area contributed by atoms with Gasteiger partial charge in [-0.05, 0) is 26.7 Å². The van der Waals surface area contributed by atoms with Gasteiger partial charge in [0.2, 0.25) is 5.91 Å². The van der Waals surface area contributed by atoms with Crippen molar-refractivity contribution in [2.75, 3.05) is 13.6 Å². The maximum absolute atomic E-state index is 11.7. The smallest absolute Gasteiger partial charge is 0.236 e. The maximum atomic E-state index is 11.7. The van der Waals surface area contributed by atoms with Gasteiger partial charge in [0.15, 0.2) is 0 Å². The molecule has 1 aliphatic rings. The number of carbonyl (C=O) groups excluding carboxylic acids is 1. The topological polar surface area (TPSA) is 52.6 Å². The fourth-order valence-electron chi connectivity index (χ4n) is 1.98. The van der Waals surface area contributed by atoms with Crippen LogP contribution in [-0.4, -0.2) is 47.7 Å². The number of amides is 1. The number of rotatable bonds is 4. The lowest BCUT2D eigenvalue weighted by atomic mass is 9.92. The van der Waals surface area contributed by atoms with Crippen molar-refractivity contribution in [1.82, 2.24) is 10.2 Å². The van der Waals surface area contributed by atoms with Gasteiger partial charge in [0.05, 0.1) is 12.6 Å². The zero-order valence-corrected chi connectivity index (χ0v) is 10.6. The third-order valence-corrected chi connectivity index (χ3v) is 3.41. The van der Waals surface area contributed by atoms with Gasteiger partial charge in [0, 0.05) is 19.1 Å². The van der Waals surface area contributed by atoms with E-state index in [1.807, 2.05) is 20.9 Å². The van der Waals surface area contributed by atoms with Crippen LogP contribution in [0.2, 0.25) is 0 Å². The number of likely N-dealkylation sites (N-methyl/N-ethyl adjacent to an activating group) is 1. The van der Waals surface area contributed by atoms with Crippen LogP contribution in [0.1, 0.15) is 39.5 Å². The minimum absolute atomic E-state index is 0.0905. The first-order chi connectivity index (χ1) is 7.52. The molecule has 0 bridgehead atoms. The first kappa shape index (κ1) is 13.5. The highest BCUT2D eigenvalue weighted by molar-refractivity contribution is 5.78. The molecule has 16 heavy (non-hydrogen) atoms. The van der Waals surface area contributed by atoms with Gasteiger partial charge in [0.1, 0.15) is 0 Å². The van der Waals surface area contributed by atoms with Crippen LogP contribution in [0.5, 0.6) is 0 Å². The summed E-state index contributed by atoms with van der Waals surface area (Å²) in [6.07, 6.45) is 3.78. The quantitative estimate of drug-likeness (QED) is 0.746. The van der Waals surface area contributed by atoms with Crippen LogP contribution >= 0.6 is 0 Å². The Balaban J connectivity index is 2.30. The summed E-state index contributed by atoms with van der Waals surface area (Å²) in [5, 5.41) is 12.9. The van der Waals surface area contributed by atoms with Crippen molar-refractivity contribution in [3.05, 3.63) is 0 Å². The Kier molecular flexibility index (Phi) is 5.22. The highest BCUT2D eigenvalue weighted by atomic mass is 16.3. The zero-order valence-electron chi connectivity index (χ0n) is 10.6. The molecule has 1 aliphatic carbocycles.